The zero-order valence-electron chi connectivity index (χ0n) is 15.6. The first-order valence-electron chi connectivity index (χ1n) is 8.82. The maximum atomic E-state index is 13.3. The molecule has 1 heterocycles. The number of ketones is 1. The molecule has 0 unspecified atom stereocenters. The molecule has 0 radical (unpaired) electrons. The van der Waals surface area contributed by atoms with Gasteiger partial charge in [0.1, 0.15) is 5.69 Å². The lowest BCUT2D eigenvalue weighted by Gasteiger charge is -2.16. The van der Waals surface area contributed by atoms with Crippen molar-refractivity contribution in [2.24, 2.45) is 0 Å². The van der Waals surface area contributed by atoms with Gasteiger partial charge in [-0.2, -0.15) is 0 Å². The van der Waals surface area contributed by atoms with Gasteiger partial charge in [-0.1, -0.05) is 38.8 Å². The number of aromatic amines is 1. The number of nitrogens with zero attached hydrogens (tertiary/aromatic N) is 1. The van der Waals surface area contributed by atoms with E-state index in [0.29, 0.717) is 17.7 Å². The Labute approximate surface area is 147 Å². The molecule has 134 valence electrons. The molecule has 0 bridgehead atoms. The van der Waals surface area contributed by atoms with Crippen LogP contribution in [0.25, 0.3) is 0 Å². The van der Waals surface area contributed by atoms with Crippen molar-refractivity contribution in [3.63, 3.8) is 0 Å². The Morgan fingerprint density at radius 3 is 2.40 bits per heavy atom. The summed E-state index contributed by atoms with van der Waals surface area (Å²) in [5.74, 6) is -0.434. The topological polar surface area (TPSA) is 71.9 Å². The number of aryl methyl sites for hydroxylation is 2. The quantitative estimate of drug-likeness (QED) is 0.820. The lowest BCUT2D eigenvalue weighted by Crippen LogP contribution is -2.37. The fourth-order valence-electron chi connectivity index (χ4n) is 3.23. The molecule has 0 aliphatic carbocycles. The van der Waals surface area contributed by atoms with Crippen molar-refractivity contribution in [1.29, 1.82) is 0 Å². The minimum Gasteiger partial charge on any atom is -0.290 e. The molecule has 0 saturated heterocycles. The van der Waals surface area contributed by atoms with E-state index in [9.17, 15) is 14.4 Å². The Balaban J connectivity index is 2.75. The van der Waals surface area contributed by atoms with Gasteiger partial charge in [0.25, 0.3) is 5.56 Å². The van der Waals surface area contributed by atoms with Crippen LogP contribution in [-0.2, 0) is 13.0 Å². The van der Waals surface area contributed by atoms with Crippen molar-refractivity contribution in [2.75, 3.05) is 0 Å². The molecule has 1 N–H and O–H groups in total. The molecule has 0 amide bonds. The van der Waals surface area contributed by atoms with Gasteiger partial charge in [0, 0.05) is 17.7 Å². The lowest BCUT2D eigenvalue weighted by atomic mass is 9.94. The van der Waals surface area contributed by atoms with Crippen molar-refractivity contribution < 1.29 is 4.79 Å². The molecule has 5 nitrogen and oxygen atoms in total. The second-order valence-electron chi connectivity index (χ2n) is 6.71. The molecule has 2 rings (SSSR count). The Morgan fingerprint density at radius 2 is 1.84 bits per heavy atom. The molecule has 0 atom stereocenters. The molecule has 1 aromatic carbocycles. The monoisotopic (exact) mass is 342 g/mol. The van der Waals surface area contributed by atoms with E-state index in [4.69, 9.17) is 0 Å². The van der Waals surface area contributed by atoms with E-state index >= 15 is 0 Å². The summed E-state index contributed by atoms with van der Waals surface area (Å²) in [7, 11) is 0. The second-order valence-corrected chi connectivity index (χ2v) is 6.71. The molecule has 25 heavy (non-hydrogen) atoms. The van der Waals surface area contributed by atoms with Gasteiger partial charge in [0.15, 0.2) is 0 Å². The maximum Gasteiger partial charge on any atom is 0.328 e. The SMILES string of the molecule is CCCc1cc(C)cc(C(=O)c2c(C(C)C)c(=O)[nH]c(=O)n2CC)c1. The van der Waals surface area contributed by atoms with Crippen LogP contribution in [-0.4, -0.2) is 15.3 Å². The van der Waals surface area contributed by atoms with Gasteiger partial charge < -0.3 is 0 Å². The highest BCUT2D eigenvalue weighted by atomic mass is 16.2. The molecule has 5 heteroatoms. The highest BCUT2D eigenvalue weighted by Crippen LogP contribution is 2.20. The molecule has 2 aromatic rings. The van der Waals surface area contributed by atoms with E-state index in [2.05, 4.69) is 18.0 Å². The Morgan fingerprint density at radius 1 is 1.16 bits per heavy atom. The first-order valence-corrected chi connectivity index (χ1v) is 8.82. The zero-order valence-corrected chi connectivity index (χ0v) is 15.6. The third-order valence-corrected chi connectivity index (χ3v) is 4.28. The smallest absolute Gasteiger partial charge is 0.290 e. The number of aromatic nitrogens is 2. The first kappa shape index (κ1) is 18.9. The van der Waals surface area contributed by atoms with Crippen molar-refractivity contribution >= 4 is 5.78 Å². The van der Waals surface area contributed by atoms with Crippen LogP contribution in [0.5, 0.6) is 0 Å². The summed E-state index contributed by atoms with van der Waals surface area (Å²) >= 11 is 0. The summed E-state index contributed by atoms with van der Waals surface area (Å²) < 4.78 is 1.36. The van der Waals surface area contributed by atoms with Crippen LogP contribution in [0.3, 0.4) is 0 Å². The van der Waals surface area contributed by atoms with Gasteiger partial charge in [-0.25, -0.2) is 4.79 Å². The summed E-state index contributed by atoms with van der Waals surface area (Å²) in [6.07, 6.45) is 1.87. The Hall–Kier alpha value is -2.43. The number of benzene rings is 1. The molecule has 0 fully saturated rings. The minimum absolute atomic E-state index is 0.166. The fourth-order valence-corrected chi connectivity index (χ4v) is 3.23. The average Bonchev–Trinajstić information content (AvgIpc) is 2.52. The van der Waals surface area contributed by atoms with Crippen LogP contribution < -0.4 is 11.2 Å². The van der Waals surface area contributed by atoms with Crippen molar-refractivity contribution in [3.05, 3.63) is 67.0 Å². The lowest BCUT2D eigenvalue weighted by molar-refractivity contribution is 0.102. The number of carbonyl (C=O) groups excluding carboxylic acids is 1. The number of hydrogen-bond acceptors (Lipinski definition) is 3. The van der Waals surface area contributed by atoms with E-state index in [-0.39, 0.29) is 17.4 Å². The normalized spacial score (nSPS) is 11.1. The average molecular weight is 342 g/mol. The van der Waals surface area contributed by atoms with Gasteiger partial charge in [-0.15, -0.1) is 0 Å². The van der Waals surface area contributed by atoms with Crippen LogP contribution in [0.2, 0.25) is 0 Å². The molecule has 0 spiro atoms. The van der Waals surface area contributed by atoms with E-state index in [1.165, 1.54) is 4.57 Å². The molecule has 1 aromatic heterocycles. The molecular formula is C20H26N2O3. The van der Waals surface area contributed by atoms with Gasteiger partial charge in [0.2, 0.25) is 5.78 Å². The summed E-state index contributed by atoms with van der Waals surface area (Å²) in [6.45, 7) is 9.86. The standard InChI is InChI=1S/C20H26N2O3/c1-6-8-14-9-13(5)10-15(11-14)18(23)17-16(12(3)4)19(24)21-20(25)22(17)7-2/h9-12H,6-8H2,1-5H3,(H,21,24,25). The number of rotatable bonds is 6. The molecule has 0 aliphatic heterocycles. The summed E-state index contributed by atoms with van der Waals surface area (Å²) in [4.78, 5) is 40.1. The fraction of sp³-hybridized carbons (Fsp3) is 0.450. The highest BCUT2D eigenvalue weighted by molar-refractivity contribution is 6.09. The largest absolute Gasteiger partial charge is 0.328 e. The van der Waals surface area contributed by atoms with Gasteiger partial charge in [-0.05, 0) is 43.9 Å². The third kappa shape index (κ3) is 3.81. The van der Waals surface area contributed by atoms with Crippen LogP contribution in [0, 0.1) is 6.92 Å². The molecular weight excluding hydrogens is 316 g/mol. The van der Waals surface area contributed by atoms with E-state index < -0.39 is 11.2 Å². The van der Waals surface area contributed by atoms with Crippen LogP contribution in [0.4, 0.5) is 0 Å². The summed E-state index contributed by atoms with van der Waals surface area (Å²) in [6, 6.07) is 5.75. The van der Waals surface area contributed by atoms with Crippen LogP contribution in [0.15, 0.2) is 27.8 Å². The summed E-state index contributed by atoms with van der Waals surface area (Å²) in [5, 5.41) is 0. The van der Waals surface area contributed by atoms with Gasteiger partial charge in [0.05, 0.1) is 0 Å². The van der Waals surface area contributed by atoms with E-state index in [1.807, 2.05) is 32.9 Å². The van der Waals surface area contributed by atoms with Gasteiger partial charge >= 0.3 is 5.69 Å². The predicted octanol–water partition coefficient (Wildman–Crippen LogP) is 3.17. The number of carbonyl (C=O) groups is 1. The van der Waals surface area contributed by atoms with Gasteiger partial charge in [-0.3, -0.25) is 19.1 Å². The minimum atomic E-state index is -0.540. The van der Waals surface area contributed by atoms with Crippen LogP contribution >= 0.6 is 0 Å². The summed E-state index contributed by atoms with van der Waals surface area (Å²) in [5.41, 5.74) is 2.17. The predicted molar refractivity (Wildman–Crippen MR) is 99.7 cm³/mol. The van der Waals surface area contributed by atoms with Crippen molar-refractivity contribution in [2.45, 2.75) is 59.9 Å². The van der Waals surface area contributed by atoms with Crippen molar-refractivity contribution in [3.8, 4) is 0 Å². The maximum absolute atomic E-state index is 13.3. The zero-order chi connectivity index (χ0) is 18.7. The van der Waals surface area contributed by atoms with Crippen LogP contribution in [0.1, 0.15) is 72.8 Å². The second kappa shape index (κ2) is 7.64. The van der Waals surface area contributed by atoms with E-state index in [1.54, 1.807) is 6.92 Å². The molecule has 0 saturated carbocycles. The Kier molecular flexibility index (Phi) is 5.77. The number of hydrogen-bond donors (Lipinski definition) is 1. The number of nitrogens with one attached hydrogen (secondary N) is 1. The van der Waals surface area contributed by atoms with E-state index in [0.717, 1.165) is 24.0 Å². The first-order chi connectivity index (χ1) is 11.8. The highest BCUT2D eigenvalue weighted by Gasteiger charge is 2.24. The number of H-pyrrole nitrogens is 1. The van der Waals surface area contributed by atoms with Crippen molar-refractivity contribution in [1.82, 2.24) is 9.55 Å². The molecule has 0 aliphatic rings. The third-order valence-electron chi connectivity index (χ3n) is 4.28. The Bertz CT molecular complexity index is 904.